The Morgan fingerprint density at radius 1 is 1.00 bits per heavy atom. The third-order valence-electron chi connectivity index (χ3n) is 11.8. The smallest absolute Gasteiger partial charge is 0.306 e. The third-order valence-corrected chi connectivity index (χ3v) is 11.8. The second-order valence-corrected chi connectivity index (χ2v) is 15.0. The van der Waals surface area contributed by atoms with E-state index in [-0.39, 0.29) is 11.7 Å². The molecule has 5 rings (SSSR count). The molecule has 5 fully saturated rings. The van der Waals surface area contributed by atoms with E-state index in [0.717, 1.165) is 26.1 Å². The van der Waals surface area contributed by atoms with Crippen molar-refractivity contribution >= 4 is 11.9 Å². The van der Waals surface area contributed by atoms with E-state index in [1.165, 1.54) is 76.5 Å². The molecule has 10 nitrogen and oxygen atoms in total. The summed E-state index contributed by atoms with van der Waals surface area (Å²) in [6, 6.07) is 0. The second kappa shape index (κ2) is 14.8. The van der Waals surface area contributed by atoms with Gasteiger partial charge >= 0.3 is 11.9 Å². The molecule has 3 saturated carbocycles. The minimum Gasteiger partial charge on any atom is -0.510 e. The maximum absolute atomic E-state index is 10.2. The number of nitrogens with zero attached hydrogens (tertiary/aromatic N) is 1. The fourth-order valence-electron chi connectivity index (χ4n) is 9.13. The highest BCUT2D eigenvalue weighted by Crippen LogP contribution is 2.63. The van der Waals surface area contributed by atoms with Crippen molar-refractivity contribution in [1.82, 2.24) is 4.90 Å². The Labute approximate surface area is 268 Å². The van der Waals surface area contributed by atoms with Gasteiger partial charge in [0.1, 0.15) is 11.4 Å². The molecule has 0 aromatic rings. The summed E-state index contributed by atoms with van der Waals surface area (Å²) in [5, 5.41) is 34.7. The SMILES string of the molecule is C=C(O)C(O)(CC(=O)O)CC(=O)O.C=C1CCC2[C@]3(C)CO[C@@H](C4CCCC4)O[C@@H]3CC[C@@]2(C)[C@@H]1CCOC1CCN(C)CC1. The average molecular weight is 636 g/mol. The normalized spacial score (nSPS) is 34.7. The number of rotatable bonds is 10. The van der Waals surface area contributed by atoms with Crippen LogP contribution in [0.1, 0.15) is 97.3 Å². The molecule has 2 saturated heterocycles. The Bertz CT molecular complexity index is 1050. The van der Waals surface area contributed by atoms with Crippen LogP contribution in [0.25, 0.3) is 0 Å². The van der Waals surface area contributed by atoms with Crippen LogP contribution in [0.15, 0.2) is 24.5 Å². The zero-order valence-corrected chi connectivity index (χ0v) is 27.7. The molecule has 0 bridgehead atoms. The zero-order valence-electron chi connectivity index (χ0n) is 27.7. The fourth-order valence-corrected chi connectivity index (χ4v) is 9.13. The fraction of sp³-hybridized carbons (Fsp3) is 0.829. The van der Waals surface area contributed by atoms with Gasteiger partial charge in [-0.05, 0) is 82.1 Å². The first-order chi connectivity index (χ1) is 21.2. The van der Waals surface area contributed by atoms with Crippen LogP contribution >= 0.6 is 0 Å². The summed E-state index contributed by atoms with van der Waals surface area (Å²) in [5.74, 6) is -1.85. The molecular formula is C35H57NO9. The summed E-state index contributed by atoms with van der Waals surface area (Å²) in [6.45, 7) is 16.6. The van der Waals surface area contributed by atoms with Gasteiger partial charge in [-0.3, -0.25) is 9.59 Å². The van der Waals surface area contributed by atoms with E-state index in [0.29, 0.717) is 35.4 Å². The van der Waals surface area contributed by atoms with Crippen molar-refractivity contribution in [2.24, 2.45) is 28.6 Å². The van der Waals surface area contributed by atoms with Gasteiger partial charge in [0, 0.05) is 31.0 Å². The van der Waals surface area contributed by atoms with Crippen LogP contribution in [-0.2, 0) is 23.8 Å². The summed E-state index contributed by atoms with van der Waals surface area (Å²) in [4.78, 5) is 22.8. The lowest BCUT2D eigenvalue weighted by Crippen LogP contribution is -2.62. The Balaban J connectivity index is 0.000000302. The van der Waals surface area contributed by atoms with Gasteiger partial charge in [-0.2, -0.15) is 0 Å². The molecule has 0 radical (unpaired) electrons. The number of carboxylic acid groups (broad SMARTS) is 2. The summed E-state index contributed by atoms with van der Waals surface area (Å²) < 4.78 is 19.6. The minimum absolute atomic E-state index is 0.0530. The molecule has 4 N–H and O–H groups in total. The molecule has 45 heavy (non-hydrogen) atoms. The van der Waals surface area contributed by atoms with Crippen LogP contribution in [0.2, 0.25) is 0 Å². The van der Waals surface area contributed by atoms with Crippen molar-refractivity contribution in [3.8, 4) is 0 Å². The number of hydrogen-bond acceptors (Lipinski definition) is 8. The lowest BCUT2D eigenvalue weighted by molar-refractivity contribution is -0.316. The Morgan fingerprint density at radius 2 is 1.62 bits per heavy atom. The van der Waals surface area contributed by atoms with Gasteiger partial charge in [-0.25, -0.2) is 0 Å². The molecule has 3 aliphatic carbocycles. The molecule has 256 valence electrons. The van der Waals surface area contributed by atoms with Crippen molar-refractivity contribution in [2.75, 3.05) is 33.4 Å². The van der Waals surface area contributed by atoms with E-state index >= 15 is 0 Å². The molecule has 5 aliphatic rings. The van der Waals surface area contributed by atoms with Gasteiger partial charge in [0.2, 0.25) is 0 Å². The highest BCUT2D eigenvalue weighted by molar-refractivity contribution is 5.73. The topological polar surface area (TPSA) is 146 Å². The Hall–Kier alpha value is -1.98. The van der Waals surface area contributed by atoms with Crippen LogP contribution in [0.4, 0.5) is 0 Å². The van der Waals surface area contributed by atoms with Crippen molar-refractivity contribution < 1.29 is 44.2 Å². The molecule has 2 heterocycles. The molecule has 0 spiro atoms. The standard InChI is InChI=1S/C28H47NO3.C7H10O6/c1-20-9-10-24-27(2,23(20)14-18-30-22-12-16-29(4)17-13-22)15-11-25-28(24,3)19-31-26(32-25)21-7-5-6-8-21;1-4(8)7(13,2-5(9)10)3-6(11)12/h21-26H,1,5-19H2,2-4H3;8,13H,1-3H2,(H,9,10)(H,11,12)/t23-,24?,25-,26-,27+,28+;/m1./s1. The number of aliphatic hydroxyl groups excluding tert-OH is 1. The monoisotopic (exact) mass is 635 g/mol. The van der Waals surface area contributed by atoms with Crippen molar-refractivity contribution in [3.05, 3.63) is 24.5 Å². The van der Waals surface area contributed by atoms with E-state index in [1.54, 1.807) is 0 Å². The van der Waals surface area contributed by atoms with Crippen molar-refractivity contribution in [2.45, 2.75) is 121 Å². The van der Waals surface area contributed by atoms with E-state index in [1.807, 2.05) is 0 Å². The Kier molecular flexibility index (Phi) is 11.8. The number of hydrogen-bond donors (Lipinski definition) is 4. The van der Waals surface area contributed by atoms with Crippen LogP contribution in [0.5, 0.6) is 0 Å². The summed E-state index contributed by atoms with van der Waals surface area (Å²) in [6.07, 6.45) is 12.7. The first-order valence-electron chi connectivity index (χ1n) is 17.0. The molecule has 0 amide bonds. The maximum Gasteiger partial charge on any atom is 0.306 e. The van der Waals surface area contributed by atoms with Crippen molar-refractivity contribution in [1.29, 1.82) is 0 Å². The molecule has 0 aromatic heterocycles. The van der Waals surface area contributed by atoms with Gasteiger partial charge in [0.05, 0.1) is 31.7 Å². The van der Waals surface area contributed by atoms with Crippen molar-refractivity contribution in [3.63, 3.8) is 0 Å². The number of piperidine rings is 1. The van der Waals surface area contributed by atoms with Gasteiger partial charge in [0.15, 0.2) is 6.29 Å². The number of allylic oxidation sites excluding steroid dienone is 1. The van der Waals surface area contributed by atoms with E-state index < -0.39 is 36.1 Å². The van der Waals surface area contributed by atoms with Crippen LogP contribution in [0.3, 0.4) is 0 Å². The number of carbonyl (C=O) groups is 2. The average Bonchev–Trinajstić information content (AvgIpc) is 3.50. The lowest BCUT2D eigenvalue weighted by atomic mass is 9.46. The number of ether oxygens (including phenoxy) is 3. The van der Waals surface area contributed by atoms with E-state index in [2.05, 4.69) is 39.0 Å². The van der Waals surface area contributed by atoms with Crippen LogP contribution < -0.4 is 0 Å². The van der Waals surface area contributed by atoms with Gasteiger partial charge < -0.3 is 39.5 Å². The number of likely N-dealkylation sites (tertiary alicyclic amines) is 1. The number of aliphatic carboxylic acids is 2. The highest BCUT2D eigenvalue weighted by Gasteiger charge is 2.60. The first kappa shape index (κ1) is 35.9. The number of carboxylic acids is 2. The third kappa shape index (κ3) is 8.30. The summed E-state index contributed by atoms with van der Waals surface area (Å²) in [7, 11) is 2.22. The zero-order chi connectivity index (χ0) is 33.0. The van der Waals surface area contributed by atoms with Crippen LogP contribution in [-0.4, -0.2) is 94.7 Å². The molecular weight excluding hydrogens is 578 g/mol. The largest absolute Gasteiger partial charge is 0.510 e. The predicted octanol–water partition coefficient (Wildman–Crippen LogP) is 5.55. The second-order valence-electron chi connectivity index (χ2n) is 15.0. The molecule has 0 aromatic carbocycles. The number of fused-ring (bicyclic) bond motifs is 3. The van der Waals surface area contributed by atoms with Gasteiger partial charge in [0.25, 0.3) is 0 Å². The quantitative estimate of drug-likeness (QED) is 0.178. The van der Waals surface area contributed by atoms with Crippen LogP contribution in [0, 0.1) is 28.6 Å². The minimum atomic E-state index is -2.29. The maximum atomic E-state index is 10.2. The van der Waals surface area contributed by atoms with E-state index in [4.69, 9.17) is 29.5 Å². The van der Waals surface area contributed by atoms with Gasteiger partial charge in [-0.15, -0.1) is 0 Å². The summed E-state index contributed by atoms with van der Waals surface area (Å²) in [5.41, 5.74) is -0.392. The Morgan fingerprint density at radius 3 is 2.20 bits per heavy atom. The number of aliphatic hydroxyl groups is 2. The molecule has 2 aliphatic heterocycles. The predicted molar refractivity (Wildman–Crippen MR) is 170 cm³/mol. The lowest BCUT2D eigenvalue weighted by Gasteiger charge is -2.63. The summed E-state index contributed by atoms with van der Waals surface area (Å²) >= 11 is 0. The first-order valence-corrected chi connectivity index (χ1v) is 17.0. The van der Waals surface area contributed by atoms with E-state index in [9.17, 15) is 14.7 Å². The van der Waals surface area contributed by atoms with Gasteiger partial charge in [-0.1, -0.05) is 45.4 Å². The molecule has 10 heteroatoms. The molecule has 1 unspecified atom stereocenters. The molecule has 6 atom stereocenters. The highest BCUT2D eigenvalue weighted by atomic mass is 16.7.